The van der Waals surface area contributed by atoms with Crippen molar-refractivity contribution in [2.24, 2.45) is 4.99 Å². The molecule has 0 bridgehead atoms. The molecule has 2 aromatic rings. The molecule has 108 valence electrons. The van der Waals surface area contributed by atoms with E-state index >= 15 is 0 Å². The van der Waals surface area contributed by atoms with Crippen LogP contribution in [0.25, 0.3) is 0 Å². The zero-order valence-corrected chi connectivity index (χ0v) is 11.8. The lowest BCUT2D eigenvalue weighted by Crippen LogP contribution is -2.37. The SMILES string of the molecule is Oc1ccc(C(Cc2ccccc2)NC2=NCCN2)cc1. The number of nitrogens with zero attached hydrogens (tertiary/aromatic N) is 1. The highest BCUT2D eigenvalue weighted by molar-refractivity contribution is 5.81. The van der Waals surface area contributed by atoms with E-state index in [0.717, 1.165) is 31.0 Å². The summed E-state index contributed by atoms with van der Waals surface area (Å²) in [6, 6.07) is 17.8. The van der Waals surface area contributed by atoms with Crippen molar-refractivity contribution in [3.8, 4) is 5.75 Å². The third-order valence-electron chi connectivity index (χ3n) is 3.56. The molecule has 0 saturated carbocycles. The Balaban J connectivity index is 1.81. The van der Waals surface area contributed by atoms with Crippen LogP contribution in [0.3, 0.4) is 0 Å². The summed E-state index contributed by atoms with van der Waals surface area (Å²) in [6.07, 6.45) is 0.867. The summed E-state index contributed by atoms with van der Waals surface area (Å²) in [4.78, 5) is 4.41. The molecule has 1 aliphatic heterocycles. The van der Waals surface area contributed by atoms with Gasteiger partial charge in [0, 0.05) is 6.54 Å². The molecule has 21 heavy (non-hydrogen) atoms. The molecule has 1 aliphatic rings. The minimum Gasteiger partial charge on any atom is -0.508 e. The van der Waals surface area contributed by atoms with Gasteiger partial charge in [0.1, 0.15) is 5.75 Å². The van der Waals surface area contributed by atoms with Gasteiger partial charge in [0.05, 0.1) is 12.6 Å². The molecule has 1 atom stereocenters. The van der Waals surface area contributed by atoms with E-state index in [2.05, 4.69) is 39.9 Å². The number of hydrogen-bond acceptors (Lipinski definition) is 4. The zero-order chi connectivity index (χ0) is 14.5. The molecule has 0 amide bonds. The van der Waals surface area contributed by atoms with Gasteiger partial charge in [-0.3, -0.25) is 4.99 Å². The molecule has 4 heteroatoms. The van der Waals surface area contributed by atoms with Gasteiger partial charge in [-0.25, -0.2) is 0 Å². The number of aromatic hydroxyl groups is 1. The van der Waals surface area contributed by atoms with E-state index < -0.39 is 0 Å². The number of aliphatic imine (C=N–C) groups is 1. The summed E-state index contributed by atoms with van der Waals surface area (Å²) in [7, 11) is 0. The highest BCUT2D eigenvalue weighted by Gasteiger charge is 2.15. The zero-order valence-electron chi connectivity index (χ0n) is 11.8. The van der Waals surface area contributed by atoms with Gasteiger partial charge in [0.25, 0.3) is 0 Å². The van der Waals surface area contributed by atoms with Crippen molar-refractivity contribution in [3.05, 3.63) is 65.7 Å². The van der Waals surface area contributed by atoms with E-state index in [1.54, 1.807) is 12.1 Å². The Kier molecular flexibility index (Phi) is 4.05. The Morgan fingerprint density at radius 3 is 2.52 bits per heavy atom. The first-order valence-corrected chi connectivity index (χ1v) is 7.19. The highest BCUT2D eigenvalue weighted by Crippen LogP contribution is 2.21. The number of phenols is 1. The number of guanidine groups is 1. The fourth-order valence-corrected chi connectivity index (χ4v) is 2.47. The Hall–Kier alpha value is -2.49. The Labute approximate surface area is 124 Å². The topological polar surface area (TPSA) is 56.6 Å². The quantitative estimate of drug-likeness (QED) is 0.805. The molecule has 0 aromatic heterocycles. The molecule has 0 aliphatic carbocycles. The van der Waals surface area contributed by atoms with Gasteiger partial charge in [-0.05, 0) is 29.7 Å². The summed E-state index contributed by atoms with van der Waals surface area (Å²) in [5.74, 6) is 1.14. The van der Waals surface area contributed by atoms with Crippen LogP contribution in [-0.4, -0.2) is 24.2 Å². The van der Waals surface area contributed by atoms with Crippen LogP contribution in [0.2, 0.25) is 0 Å². The summed E-state index contributed by atoms with van der Waals surface area (Å²) in [5, 5.41) is 16.2. The molecule has 0 radical (unpaired) electrons. The van der Waals surface area contributed by atoms with E-state index in [9.17, 15) is 5.11 Å². The standard InChI is InChI=1S/C17H19N3O/c21-15-8-6-14(7-9-15)16(20-17-18-10-11-19-17)12-13-4-2-1-3-5-13/h1-9,16,21H,10-12H2,(H2,18,19,20). The van der Waals surface area contributed by atoms with Crippen LogP contribution in [0.4, 0.5) is 0 Å². The number of benzene rings is 2. The highest BCUT2D eigenvalue weighted by atomic mass is 16.3. The van der Waals surface area contributed by atoms with Crippen LogP contribution in [0.5, 0.6) is 5.75 Å². The Morgan fingerprint density at radius 1 is 1.10 bits per heavy atom. The lowest BCUT2D eigenvalue weighted by atomic mass is 9.99. The first-order chi connectivity index (χ1) is 10.3. The molecule has 0 fully saturated rings. The van der Waals surface area contributed by atoms with Crippen LogP contribution in [0.1, 0.15) is 17.2 Å². The molecule has 3 N–H and O–H groups in total. The van der Waals surface area contributed by atoms with Crippen molar-refractivity contribution in [2.75, 3.05) is 13.1 Å². The van der Waals surface area contributed by atoms with Crippen molar-refractivity contribution >= 4 is 5.96 Å². The first-order valence-electron chi connectivity index (χ1n) is 7.19. The third kappa shape index (κ3) is 3.54. The van der Waals surface area contributed by atoms with E-state index in [1.165, 1.54) is 5.56 Å². The van der Waals surface area contributed by atoms with Crippen LogP contribution in [0.15, 0.2) is 59.6 Å². The molecule has 3 rings (SSSR count). The summed E-state index contributed by atoms with van der Waals surface area (Å²) >= 11 is 0. The Bertz CT molecular complexity index is 608. The van der Waals surface area contributed by atoms with Crippen molar-refractivity contribution in [2.45, 2.75) is 12.5 Å². The second-order valence-corrected chi connectivity index (χ2v) is 5.14. The molecular formula is C17H19N3O. The predicted octanol–water partition coefficient (Wildman–Crippen LogP) is 2.22. The van der Waals surface area contributed by atoms with Crippen LogP contribution < -0.4 is 10.6 Å². The van der Waals surface area contributed by atoms with E-state index in [1.807, 2.05) is 18.2 Å². The second-order valence-electron chi connectivity index (χ2n) is 5.14. The minimum atomic E-state index is 0.123. The summed E-state index contributed by atoms with van der Waals surface area (Å²) < 4.78 is 0. The first kappa shape index (κ1) is 13.5. The maximum Gasteiger partial charge on any atom is 0.191 e. The van der Waals surface area contributed by atoms with Crippen LogP contribution >= 0.6 is 0 Å². The number of phenolic OH excluding ortho intramolecular Hbond substituents is 1. The smallest absolute Gasteiger partial charge is 0.191 e. The summed E-state index contributed by atoms with van der Waals surface area (Å²) in [6.45, 7) is 1.70. The van der Waals surface area contributed by atoms with Crippen LogP contribution in [-0.2, 0) is 6.42 Å². The van der Waals surface area contributed by atoms with E-state index in [-0.39, 0.29) is 11.8 Å². The minimum absolute atomic E-state index is 0.123. The van der Waals surface area contributed by atoms with E-state index in [4.69, 9.17) is 0 Å². The lowest BCUT2D eigenvalue weighted by Gasteiger charge is -2.20. The molecule has 4 nitrogen and oxygen atoms in total. The maximum absolute atomic E-state index is 9.46. The average Bonchev–Trinajstić information content (AvgIpc) is 3.01. The summed E-state index contributed by atoms with van der Waals surface area (Å²) in [5.41, 5.74) is 2.40. The average molecular weight is 281 g/mol. The fraction of sp³-hybridized carbons (Fsp3) is 0.235. The molecule has 2 aromatic carbocycles. The van der Waals surface area contributed by atoms with Gasteiger partial charge in [0.15, 0.2) is 5.96 Å². The third-order valence-corrected chi connectivity index (χ3v) is 3.56. The molecular weight excluding hydrogens is 262 g/mol. The van der Waals surface area contributed by atoms with E-state index in [0.29, 0.717) is 0 Å². The lowest BCUT2D eigenvalue weighted by molar-refractivity contribution is 0.474. The molecule has 0 saturated heterocycles. The van der Waals surface area contributed by atoms with Gasteiger partial charge >= 0.3 is 0 Å². The van der Waals surface area contributed by atoms with Crippen molar-refractivity contribution in [3.63, 3.8) is 0 Å². The monoisotopic (exact) mass is 281 g/mol. The second kappa shape index (κ2) is 6.31. The van der Waals surface area contributed by atoms with Crippen molar-refractivity contribution in [1.82, 2.24) is 10.6 Å². The molecule has 1 unspecified atom stereocenters. The fourth-order valence-electron chi connectivity index (χ4n) is 2.47. The van der Waals surface area contributed by atoms with Gasteiger partial charge in [-0.1, -0.05) is 42.5 Å². The number of nitrogens with one attached hydrogen (secondary N) is 2. The van der Waals surface area contributed by atoms with Gasteiger partial charge in [0.2, 0.25) is 0 Å². The largest absolute Gasteiger partial charge is 0.508 e. The normalized spacial score (nSPS) is 15.1. The van der Waals surface area contributed by atoms with Crippen LogP contribution in [0, 0.1) is 0 Å². The van der Waals surface area contributed by atoms with Gasteiger partial charge in [-0.15, -0.1) is 0 Å². The van der Waals surface area contributed by atoms with Crippen molar-refractivity contribution < 1.29 is 5.11 Å². The van der Waals surface area contributed by atoms with Gasteiger partial charge in [-0.2, -0.15) is 0 Å². The predicted molar refractivity (Wildman–Crippen MR) is 84.4 cm³/mol. The van der Waals surface area contributed by atoms with Crippen molar-refractivity contribution in [1.29, 1.82) is 0 Å². The molecule has 0 spiro atoms. The van der Waals surface area contributed by atoms with Gasteiger partial charge < -0.3 is 15.7 Å². The number of rotatable bonds is 4. The Morgan fingerprint density at radius 2 is 1.86 bits per heavy atom. The molecule has 1 heterocycles. The number of hydrogen-bond donors (Lipinski definition) is 3. The maximum atomic E-state index is 9.46.